The van der Waals surface area contributed by atoms with Crippen molar-refractivity contribution in [2.24, 2.45) is 7.05 Å². The maximum atomic E-state index is 14.3. The van der Waals surface area contributed by atoms with E-state index >= 15 is 0 Å². The topological polar surface area (TPSA) is 91.2 Å². The molecule has 0 aliphatic rings. The average molecular weight is 460 g/mol. The number of hydrogen-bond acceptors (Lipinski definition) is 6. The number of aryl methyl sites for hydroxylation is 2. The summed E-state index contributed by atoms with van der Waals surface area (Å²) in [6, 6.07) is 8.87. The highest BCUT2D eigenvalue weighted by atomic mass is 32.2. The van der Waals surface area contributed by atoms with Crippen molar-refractivity contribution in [1.82, 2.24) is 14.5 Å². The number of nitrogens with zero attached hydrogens (tertiary/aromatic N) is 3. The van der Waals surface area contributed by atoms with Crippen LogP contribution in [0, 0.1) is 12.7 Å². The highest BCUT2D eigenvalue weighted by molar-refractivity contribution is 7.91. The largest absolute Gasteiger partial charge is 0.421 e. The molecule has 0 bridgehead atoms. The van der Waals surface area contributed by atoms with E-state index in [0.29, 0.717) is 23.2 Å². The summed E-state index contributed by atoms with van der Waals surface area (Å²) in [6.07, 6.45) is 2.87. The molecule has 32 heavy (non-hydrogen) atoms. The molecule has 0 aliphatic heterocycles. The molecule has 1 aromatic carbocycles. The molecule has 2 heterocycles. The third kappa shape index (κ3) is 5.40. The monoisotopic (exact) mass is 459 g/mol. The molecule has 0 amide bonds. The molecule has 9 heteroatoms. The van der Waals surface area contributed by atoms with Gasteiger partial charge in [0.1, 0.15) is 0 Å². The van der Waals surface area contributed by atoms with Crippen LogP contribution in [0.5, 0.6) is 11.8 Å². The van der Waals surface area contributed by atoms with Gasteiger partial charge in [-0.25, -0.2) is 12.8 Å². The molecule has 0 spiro atoms. The quantitative estimate of drug-likeness (QED) is 0.502. The molecule has 0 saturated carbocycles. The van der Waals surface area contributed by atoms with Crippen molar-refractivity contribution in [3.8, 4) is 23.0 Å². The Balaban J connectivity index is 2.09. The van der Waals surface area contributed by atoms with Crippen LogP contribution in [0.2, 0.25) is 0 Å². The van der Waals surface area contributed by atoms with Crippen molar-refractivity contribution >= 4 is 9.84 Å². The van der Waals surface area contributed by atoms with Crippen LogP contribution in [0.25, 0.3) is 11.3 Å². The summed E-state index contributed by atoms with van der Waals surface area (Å²) >= 11 is 0. The smallest absolute Gasteiger partial charge is 0.322 e. The lowest BCUT2D eigenvalue weighted by Crippen LogP contribution is -2.20. The summed E-state index contributed by atoms with van der Waals surface area (Å²) in [5, 5.41) is -0.526. The molecule has 0 N–H and O–H groups in total. The lowest BCUT2D eigenvalue weighted by molar-refractivity contribution is 0.407. The van der Waals surface area contributed by atoms with Crippen LogP contribution in [0.15, 0.2) is 47.4 Å². The zero-order chi connectivity index (χ0) is 23.5. The van der Waals surface area contributed by atoms with Gasteiger partial charge in [-0.15, -0.1) is 0 Å². The number of sulfone groups is 1. The van der Waals surface area contributed by atoms with E-state index in [4.69, 9.17) is 4.74 Å². The summed E-state index contributed by atoms with van der Waals surface area (Å²) in [7, 11) is -1.87. The van der Waals surface area contributed by atoms with Crippen molar-refractivity contribution in [3.63, 3.8) is 0 Å². The first-order valence-electron chi connectivity index (χ1n) is 10.3. The highest BCUT2D eigenvalue weighted by Crippen LogP contribution is 2.28. The number of para-hydroxylation sites is 1. The Bertz CT molecular complexity index is 1270. The van der Waals surface area contributed by atoms with E-state index in [1.807, 2.05) is 6.92 Å². The number of benzene rings is 1. The van der Waals surface area contributed by atoms with E-state index in [1.165, 1.54) is 16.7 Å². The number of pyridine rings is 1. The second-order valence-electron chi connectivity index (χ2n) is 7.79. The van der Waals surface area contributed by atoms with Crippen molar-refractivity contribution < 1.29 is 17.5 Å². The molecule has 0 aliphatic carbocycles. The van der Waals surface area contributed by atoms with Gasteiger partial charge < -0.3 is 9.30 Å². The second-order valence-corrected chi connectivity index (χ2v) is 10.2. The zero-order valence-electron chi connectivity index (χ0n) is 18.5. The maximum Gasteiger partial charge on any atom is 0.322 e. The Morgan fingerprint density at radius 1 is 1.19 bits per heavy atom. The summed E-state index contributed by atoms with van der Waals surface area (Å²) < 4.78 is 47.0. The van der Waals surface area contributed by atoms with Crippen molar-refractivity contribution in [2.45, 2.75) is 44.6 Å². The normalized spacial score (nSPS) is 12.5. The SMILES string of the molecule is CCC[C@@H](C)S(=O)(=O)Cc1cc(-c2ccc(=O)n(C)c2)nc(Oc2c(C)cccc2F)n1. The van der Waals surface area contributed by atoms with Crippen molar-refractivity contribution in [2.75, 3.05) is 0 Å². The molecule has 3 rings (SSSR count). The Labute approximate surface area is 186 Å². The van der Waals surface area contributed by atoms with Gasteiger partial charge >= 0.3 is 6.01 Å². The Hall–Kier alpha value is -3.07. The van der Waals surface area contributed by atoms with E-state index < -0.39 is 20.9 Å². The second kappa shape index (κ2) is 9.60. The Kier molecular flexibility index (Phi) is 7.08. The van der Waals surface area contributed by atoms with Gasteiger partial charge in [0, 0.05) is 24.9 Å². The molecular weight excluding hydrogens is 433 g/mol. The Morgan fingerprint density at radius 2 is 1.94 bits per heavy atom. The number of ether oxygens (including phenoxy) is 1. The fourth-order valence-electron chi connectivity index (χ4n) is 3.26. The lowest BCUT2D eigenvalue weighted by Gasteiger charge is -2.14. The van der Waals surface area contributed by atoms with Crippen LogP contribution in [0.3, 0.4) is 0 Å². The molecule has 170 valence electrons. The molecule has 3 aromatic rings. The van der Waals surface area contributed by atoms with E-state index in [-0.39, 0.29) is 28.8 Å². The van der Waals surface area contributed by atoms with Gasteiger partial charge in [-0.1, -0.05) is 25.5 Å². The number of rotatable bonds is 8. The number of hydrogen-bond donors (Lipinski definition) is 0. The van der Waals surface area contributed by atoms with Gasteiger partial charge in [0.15, 0.2) is 21.4 Å². The summed E-state index contributed by atoms with van der Waals surface area (Å²) in [6.45, 7) is 5.29. The van der Waals surface area contributed by atoms with Gasteiger partial charge in [-0.3, -0.25) is 4.79 Å². The fraction of sp³-hybridized carbons (Fsp3) is 0.348. The molecule has 0 fully saturated rings. The first kappa shape index (κ1) is 23.6. The first-order valence-corrected chi connectivity index (χ1v) is 12.0. The molecule has 2 aromatic heterocycles. The van der Waals surface area contributed by atoms with Gasteiger partial charge in [-0.2, -0.15) is 9.97 Å². The van der Waals surface area contributed by atoms with Gasteiger partial charge in [0.05, 0.1) is 22.4 Å². The lowest BCUT2D eigenvalue weighted by atomic mass is 10.2. The van der Waals surface area contributed by atoms with Crippen LogP contribution in [0.1, 0.15) is 37.9 Å². The third-order valence-corrected chi connectivity index (χ3v) is 7.31. The number of aromatic nitrogens is 3. The summed E-state index contributed by atoms with van der Waals surface area (Å²) in [5.41, 5.74) is 1.53. The molecule has 0 unspecified atom stereocenters. The zero-order valence-corrected chi connectivity index (χ0v) is 19.3. The first-order chi connectivity index (χ1) is 15.1. The molecule has 0 saturated heterocycles. The minimum absolute atomic E-state index is 0.0294. The van der Waals surface area contributed by atoms with Gasteiger partial charge in [-0.05, 0) is 44.0 Å². The summed E-state index contributed by atoms with van der Waals surface area (Å²) in [5.74, 6) is -0.910. The van der Waals surface area contributed by atoms with Gasteiger partial charge in [0.2, 0.25) is 5.56 Å². The van der Waals surface area contributed by atoms with E-state index in [9.17, 15) is 17.6 Å². The predicted molar refractivity (Wildman–Crippen MR) is 121 cm³/mol. The predicted octanol–water partition coefficient (Wildman–Crippen LogP) is 4.19. The van der Waals surface area contributed by atoms with Crippen molar-refractivity contribution in [3.05, 3.63) is 70.0 Å². The van der Waals surface area contributed by atoms with E-state index in [0.717, 1.165) is 6.42 Å². The van der Waals surface area contributed by atoms with E-state index in [2.05, 4.69) is 9.97 Å². The minimum atomic E-state index is -3.47. The maximum absolute atomic E-state index is 14.3. The van der Waals surface area contributed by atoms with Crippen LogP contribution in [-0.2, 0) is 22.6 Å². The van der Waals surface area contributed by atoms with Crippen molar-refractivity contribution in [1.29, 1.82) is 0 Å². The molecule has 0 radical (unpaired) electrons. The average Bonchev–Trinajstić information content (AvgIpc) is 2.72. The Morgan fingerprint density at radius 3 is 2.59 bits per heavy atom. The molecular formula is C23H26FN3O4S. The fourth-order valence-corrected chi connectivity index (χ4v) is 4.70. The standard InChI is InChI=1S/C23H26FN3O4S/c1-5-7-16(3)32(29,30)14-18-12-20(17-10-11-21(28)27(4)13-17)26-23(25-18)31-22-15(2)8-6-9-19(22)24/h6,8-13,16H,5,7,14H2,1-4H3/t16-/m1/s1. The van der Waals surface area contributed by atoms with Crippen LogP contribution >= 0.6 is 0 Å². The third-order valence-electron chi connectivity index (χ3n) is 5.15. The molecule has 7 nitrogen and oxygen atoms in total. The molecule has 1 atom stereocenters. The minimum Gasteiger partial charge on any atom is -0.421 e. The van der Waals surface area contributed by atoms with Crippen LogP contribution in [-0.4, -0.2) is 28.2 Å². The number of halogens is 1. The summed E-state index contributed by atoms with van der Waals surface area (Å²) in [4.78, 5) is 20.4. The van der Waals surface area contributed by atoms with Gasteiger partial charge in [0.25, 0.3) is 0 Å². The van der Waals surface area contributed by atoms with Crippen LogP contribution in [0.4, 0.5) is 4.39 Å². The highest BCUT2D eigenvalue weighted by Gasteiger charge is 2.23. The van der Waals surface area contributed by atoms with E-state index in [1.54, 1.807) is 51.4 Å². The van der Waals surface area contributed by atoms with Crippen LogP contribution < -0.4 is 10.3 Å².